The van der Waals surface area contributed by atoms with E-state index in [0.29, 0.717) is 41.8 Å². The number of hydrogen-bond acceptors (Lipinski definition) is 5. The molecule has 35 heavy (non-hydrogen) atoms. The molecule has 3 saturated carbocycles. The molecule has 0 radical (unpaired) electrons. The van der Waals surface area contributed by atoms with E-state index >= 15 is 4.39 Å². The number of fused-ring (bicyclic) bond motifs is 3. The summed E-state index contributed by atoms with van der Waals surface area (Å²) in [5.41, 5.74) is 5.74. The van der Waals surface area contributed by atoms with Crippen LogP contribution in [0.25, 0.3) is 0 Å². The summed E-state index contributed by atoms with van der Waals surface area (Å²) in [7, 11) is 0. The van der Waals surface area contributed by atoms with Crippen molar-refractivity contribution in [3.8, 4) is 5.75 Å². The number of carbonyl (C=O) groups is 1. The molecule has 0 bridgehead atoms. The molecule has 4 atom stereocenters. The van der Waals surface area contributed by atoms with Gasteiger partial charge in [0, 0.05) is 28.7 Å². The van der Waals surface area contributed by atoms with Crippen LogP contribution in [0.4, 0.5) is 4.39 Å². The van der Waals surface area contributed by atoms with Crippen molar-refractivity contribution in [3.63, 3.8) is 0 Å². The number of hydrogen-bond donors (Lipinski definition) is 2. The van der Waals surface area contributed by atoms with E-state index in [0.717, 1.165) is 16.0 Å². The minimum atomic E-state index is -0.572. The van der Waals surface area contributed by atoms with Gasteiger partial charge in [0.25, 0.3) is 5.91 Å². The van der Waals surface area contributed by atoms with Crippen molar-refractivity contribution in [2.45, 2.75) is 36.1 Å². The van der Waals surface area contributed by atoms with Gasteiger partial charge in [-0.15, -0.1) is 11.8 Å². The highest BCUT2D eigenvalue weighted by Gasteiger charge is 2.85. The molecule has 4 unspecified atom stereocenters. The highest BCUT2D eigenvalue weighted by atomic mass is 32.2. The predicted octanol–water partition coefficient (Wildman–Crippen LogP) is 3.76. The Morgan fingerprint density at radius 2 is 1.97 bits per heavy atom. The van der Waals surface area contributed by atoms with Gasteiger partial charge < -0.3 is 15.4 Å². The fraction of sp³-hybridized carbons (Fsp3) is 0.407. The third kappa shape index (κ3) is 2.56. The maximum atomic E-state index is 15.0. The number of carbonyl (C=O) groups excluding carboxylic acids is 1. The van der Waals surface area contributed by atoms with Crippen LogP contribution in [-0.4, -0.2) is 39.1 Å². The summed E-state index contributed by atoms with van der Waals surface area (Å²) >= 11 is 1.63. The van der Waals surface area contributed by atoms with Gasteiger partial charge in [0.1, 0.15) is 12.5 Å². The second kappa shape index (κ2) is 6.60. The summed E-state index contributed by atoms with van der Waals surface area (Å²) in [6.45, 7) is 0.339. The van der Waals surface area contributed by atoms with E-state index in [1.807, 2.05) is 17.0 Å². The van der Waals surface area contributed by atoms with Gasteiger partial charge >= 0.3 is 0 Å². The van der Waals surface area contributed by atoms with Gasteiger partial charge in [0.05, 0.1) is 5.69 Å². The van der Waals surface area contributed by atoms with Crippen molar-refractivity contribution in [1.82, 2.24) is 9.58 Å². The maximum absolute atomic E-state index is 15.0. The first-order valence-corrected chi connectivity index (χ1v) is 13.3. The van der Waals surface area contributed by atoms with Gasteiger partial charge in [-0.3, -0.25) is 14.3 Å². The molecule has 8 heteroatoms. The van der Waals surface area contributed by atoms with Gasteiger partial charge in [-0.25, -0.2) is 4.39 Å². The van der Waals surface area contributed by atoms with E-state index in [4.69, 9.17) is 0 Å². The SMILES string of the molecule is O=C1c2c(O)c(=O)cc(C3C=CC(F)=C4CSc5ccccc5CC43)n2NCN1C1C2CC23CC13. The van der Waals surface area contributed by atoms with Crippen molar-refractivity contribution in [2.24, 2.45) is 23.2 Å². The van der Waals surface area contributed by atoms with E-state index in [1.165, 1.54) is 25.0 Å². The number of thioether (sulfide) groups is 1. The van der Waals surface area contributed by atoms with Crippen molar-refractivity contribution in [2.75, 3.05) is 17.8 Å². The Morgan fingerprint density at radius 1 is 1.17 bits per heavy atom. The lowest BCUT2D eigenvalue weighted by molar-refractivity contribution is 0.0495. The van der Waals surface area contributed by atoms with Crippen LogP contribution in [0, 0.1) is 23.2 Å². The molecular formula is C27H24FN3O3S. The highest BCUT2D eigenvalue weighted by molar-refractivity contribution is 7.99. The van der Waals surface area contributed by atoms with Crippen LogP contribution >= 0.6 is 11.8 Å². The maximum Gasteiger partial charge on any atom is 0.278 e. The van der Waals surface area contributed by atoms with Crippen LogP contribution in [0.1, 0.15) is 40.5 Å². The molecule has 6 nitrogen and oxygen atoms in total. The number of allylic oxidation sites excluding steroid dienone is 3. The van der Waals surface area contributed by atoms with Crippen LogP contribution in [0.2, 0.25) is 0 Å². The van der Waals surface area contributed by atoms with Gasteiger partial charge in [-0.2, -0.15) is 0 Å². The lowest BCUT2D eigenvalue weighted by atomic mass is 9.76. The average Bonchev–Trinajstić information content (AvgIpc) is 3.72. The summed E-state index contributed by atoms with van der Waals surface area (Å²) < 4.78 is 16.6. The first kappa shape index (κ1) is 20.2. The van der Waals surface area contributed by atoms with Gasteiger partial charge in [0.2, 0.25) is 5.43 Å². The molecule has 2 aromatic rings. The van der Waals surface area contributed by atoms with Crippen molar-refractivity contribution in [1.29, 1.82) is 0 Å². The summed E-state index contributed by atoms with van der Waals surface area (Å²) in [4.78, 5) is 29.5. The first-order chi connectivity index (χ1) is 17.0. The number of amides is 1. The Bertz CT molecular complexity index is 1450. The van der Waals surface area contributed by atoms with Crippen LogP contribution in [0.5, 0.6) is 5.75 Å². The lowest BCUT2D eigenvalue weighted by Gasteiger charge is -2.42. The molecule has 1 spiro atoms. The Balaban J connectivity index is 1.22. The zero-order chi connectivity index (χ0) is 23.6. The highest BCUT2D eigenvalue weighted by Crippen LogP contribution is 2.87. The van der Waals surface area contributed by atoms with E-state index < -0.39 is 11.2 Å². The quantitative estimate of drug-likeness (QED) is 0.672. The topological polar surface area (TPSA) is 74.6 Å². The Labute approximate surface area is 205 Å². The van der Waals surface area contributed by atoms with Gasteiger partial charge in [-0.05, 0) is 65.7 Å². The zero-order valence-corrected chi connectivity index (χ0v) is 19.7. The molecule has 0 saturated heterocycles. The fourth-order valence-corrected chi connectivity index (χ4v) is 8.64. The lowest BCUT2D eigenvalue weighted by Crippen LogP contribution is -2.55. The minimum Gasteiger partial charge on any atom is -0.502 e. The molecule has 1 amide bonds. The van der Waals surface area contributed by atoms with Crippen LogP contribution < -0.4 is 10.9 Å². The minimum absolute atomic E-state index is 0.00548. The number of halogens is 1. The fourth-order valence-electron chi connectivity index (χ4n) is 7.47. The number of aromatic hydroxyl groups is 1. The van der Waals surface area contributed by atoms with E-state index in [1.54, 1.807) is 22.5 Å². The number of nitrogens with one attached hydrogen (secondary N) is 1. The standard InChI is InChI=1S/C27H24FN3O3S/c28-19-6-5-14(15-7-13-3-1-2-4-22(13)35-11-16(15)19)20-8-21(32)25(33)24-26(34)30(12-29-31(20)24)23-17-9-27(17)10-18(23)27/h1-6,8,14-15,17-18,23,29,33H,7,9-12H2. The molecule has 6 aliphatic rings. The second-order valence-electron chi connectivity index (χ2n) is 10.9. The average molecular weight is 490 g/mol. The molecule has 3 heterocycles. The summed E-state index contributed by atoms with van der Waals surface area (Å²) in [5.74, 6) is 0.164. The third-order valence-electron chi connectivity index (χ3n) is 9.40. The van der Waals surface area contributed by atoms with E-state index in [2.05, 4.69) is 17.6 Å². The van der Waals surface area contributed by atoms with Crippen LogP contribution in [0.3, 0.4) is 0 Å². The van der Waals surface area contributed by atoms with E-state index in [-0.39, 0.29) is 35.3 Å². The van der Waals surface area contributed by atoms with E-state index in [9.17, 15) is 14.7 Å². The molecule has 178 valence electrons. The molecule has 1 aromatic heterocycles. The molecule has 1 aromatic carbocycles. The molecule has 8 rings (SSSR count). The number of pyridine rings is 1. The van der Waals surface area contributed by atoms with Gasteiger partial charge in [0.15, 0.2) is 11.4 Å². The Morgan fingerprint density at radius 3 is 2.77 bits per heavy atom. The second-order valence-corrected chi connectivity index (χ2v) is 11.9. The molecule has 2 aliphatic heterocycles. The Hall–Kier alpha value is -3.00. The third-order valence-corrected chi connectivity index (χ3v) is 10.6. The van der Waals surface area contributed by atoms with Crippen molar-refractivity contribution >= 4 is 17.7 Å². The van der Waals surface area contributed by atoms with Gasteiger partial charge in [-0.1, -0.05) is 24.3 Å². The summed E-state index contributed by atoms with van der Waals surface area (Å²) in [6.07, 6.45) is 6.31. The monoisotopic (exact) mass is 489 g/mol. The number of rotatable bonds is 2. The smallest absolute Gasteiger partial charge is 0.278 e. The predicted molar refractivity (Wildman–Crippen MR) is 130 cm³/mol. The molecule has 4 aliphatic carbocycles. The Kier molecular flexibility index (Phi) is 3.81. The molecule has 2 N–H and O–H groups in total. The zero-order valence-electron chi connectivity index (χ0n) is 18.9. The molecule has 3 fully saturated rings. The number of benzene rings is 1. The number of nitrogens with zero attached hydrogens (tertiary/aromatic N) is 2. The largest absolute Gasteiger partial charge is 0.502 e. The normalized spacial score (nSPS) is 35.5. The van der Waals surface area contributed by atoms with Crippen LogP contribution in [0.15, 0.2) is 63.6 Å². The number of aromatic nitrogens is 1. The van der Waals surface area contributed by atoms with Crippen LogP contribution in [-0.2, 0) is 6.42 Å². The van der Waals surface area contributed by atoms with Crippen molar-refractivity contribution in [3.05, 3.63) is 81.1 Å². The summed E-state index contributed by atoms with van der Waals surface area (Å²) in [6, 6.07) is 9.74. The first-order valence-electron chi connectivity index (χ1n) is 12.3. The molecular weight excluding hydrogens is 465 g/mol. The van der Waals surface area contributed by atoms with Crippen molar-refractivity contribution < 1.29 is 14.3 Å². The summed E-state index contributed by atoms with van der Waals surface area (Å²) in [5, 5.41) is 10.7.